The van der Waals surface area contributed by atoms with Crippen molar-refractivity contribution in [1.29, 1.82) is 0 Å². The van der Waals surface area contributed by atoms with Crippen molar-refractivity contribution in [2.75, 3.05) is 13.2 Å². The van der Waals surface area contributed by atoms with E-state index in [1.165, 1.54) is 12.1 Å². The molecule has 0 radical (unpaired) electrons. The SMILES string of the molecule is O=C(COc1ccc(Cl)c(F)c1)N[C@H]1CO[C@H](c2nnc(C3CC(OC(F)(F)F)C3)o2)CC1(F)F. The summed E-state index contributed by atoms with van der Waals surface area (Å²) in [6, 6.07) is 1.80. The summed E-state index contributed by atoms with van der Waals surface area (Å²) < 4.78 is 99.1. The summed E-state index contributed by atoms with van der Waals surface area (Å²) in [6.07, 6.45) is -7.92. The second-order valence-corrected chi connectivity index (χ2v) is 8.51. The van der Waals surface area contributed by atoms with E-state index in [0.29, 0.717) is 0 Å². The summed E-state index contributed by atoms with van der Waals surface area (Å²) in [5.74, 6) is -5.77. The fraction of sp³-hybridized carbons (Fsp3) is 0.550. The molecule has 0 bridgehead atoms. The number of ether oxygens (including phenoxy) is 3. The molecule has 1 N–H and O–H groups in total. The van der Waals surface area contributed by atoms with Crippen molar-refractivity contribution in [3.63, 3.8) is 0 Å². The highest BCUT2D eigenvalue weighted by Crippen LogP contribution is 2.42. The van der Waals surface area contributed by atoms with Crippen LogP contribution in [0.1, 0.15) is 43.1 Å². The Morgan fingerprint density at radius 3 is 2.60 bits per heavy atom. The summed E-state index contributed by atoms with van der Waals surface area (Å²) in [7, 11) is 0. The van der Waals surface area contributed by atoms with Gasteiger partial charge in [0.05, 0.1) is 17.7 Å². The van der Waals surface area contributed by atoms with E-state index in [0.717, 1.165) is 6.07 Å². The van der Waals surface area contributed by atoms with E-state index in [1.807, 2.05) is 0 Å². The standard InChI is InChI=1S/C20H18ClF6N3O5/c21-12-2-1-10(5-13(12)22)32-8-16(31)28-15-7-33-14(6-19(15,23)24)18-30-29-17(34-18)9-3-11(4-9)35-20(25,26)27/h1-2,5,9,11,14-15H,3-4,6-8H2,(H,28,31)/t9?,11?,14-,15-/m0/s1. The van der Waals surface area contributed by atoms with Crippen LogP contribution in [0.4, 0.5) is 26.3 Å². The molecule has 1 saturated carbocycles. The molecule has 4 rings (SSSR count). The van der Waals surface area contributed by atoms with Crippen LogP contribution in [0.15, 0.2) is 22.6 Å². The smallest absolute Gasteiger partial charge is 0.484 e. The van der Waals surface area contributed by atoms with Crippen molar-refractivity contribution in [1.82, 2.24) is 15.5 Å². The average Bonchev–Trinajstić information content (AvgIpc) is 3.21. The third-order valence-corrected chi connectivity index (χ3v) is 5.81. The Morgan fingerprint density at radius 1 is 1.23 bits per heavy atom. The highest BCUT2D eigenvalue weighted by Gasteiger charge is 2.49. The first-order chi connectivity index (χ1) is 16.4. The summed E-state index contributed by atoms with van der Waals surface area (Å²) in [6.45, 7) is -1.23. The van der Waals surface area contributed by atoms with Crippen molar-refractivity contribution >= 4 is 17.5 Å². The van der Waals surface area contributed by atoms with E-state index in [1.54, 1.807) is 0 Å². The van der Waals surface area contributed by atoms with Crippen LogP contribution in [0.25, 0.3) is 0 Å². The third-order valence-electron chi connectivity index (χ3n) is 5.50. The molecule has 15 heteroatoms. The van der Waals surface area contributed by atoms with E-state index in [2.05, 4.69) is 20.3 Å². The van der Waals surface area contributed by atoms with Gasteiger partial charge in [0.1, 0.15) is 23.7 Å². The number of nitrogens with one attached hydrogen (secondary N) is 1. The fourth-order valence-electron chi connectivity index (χ4n) is 3.63. The number of benzene rings is 1. The largest absolute Gasteiger partial charge is 0.522 e. The minimum atomic E-state index is -4.75. The molecule has 2 heterocycles. The predicted octanol–water partition coefficient (Wildman–Crippen LogP) is 4.31. The van der Waals surface area contributed by atoms with Crippen molar-refractivity contribution in [2.24, 2.45) is 0 Å². The zero-order chi connectivity index (χ0) is 25.4. The maximum atomic E-state index is 14.7. The Bertz CT molecular complexity index is 1060. The number of hydrogen-bond acceptors (Lipinski definition) is 7. The quantitative estimate of drug-likeness (QED) is 0.534. The number of carbonyl (C=O) groups is 1. The normalized spacial score (nSPS) is 26.1. The number of aromatic nitrogens is 2. The summed E-state index contributed by atoms with van der Waals surface area (Å²) >= 11 is 5.55. The first kappa shape index (κ1) is 25.5. The van der Waals surface area contributed by atoms with Crippen LogP contribution in [0.2, 0.25) is 5.02 Å². The third kappa shape index (κ3) is 6.35. The Labute approximate surface area is 198 Å². The van der Waals surface area contributed by atoms with Gasteiger partial charge in [0.2, 0.25) is 11.8 Å². The lowest BCUT2D eigenvalue weighted by molar-refractivity contribution is -0.352. The molecule has 2 aliphatic rings. The molecule has 1 aromatic carbocycles. The predicted molar refractivity (Wildman–Crippen MR) is 104 cm³/mol. The molecule has 1 amide bonds. The highest BCUT2D eigenvalue weighted by atomic mass is 35.5. The Morgan fingerprint density at radius 2 is 1.94 bits per heavy atom. The molecule has 2 fully saturated rings. The van der Waals surface area contributed by atoms with Crippen LogP contribution in [-0.4, -0.2) is 53.7 Å². The fourth-order valence-corrected chi connectivity index (χ4v) is 3.75. The average molecular weight is 530 g/mol. The minimum Gasteiger partial charge on any atom is -0.484 e. The van der Waals surface area contributed by atoms with Gasteiger partial charge >= 0.3 is 6.36 Å². The van der Waals surface area contributed by atoms with Gasteiger partial charge in [-0.1, -0.05) is 11.6 Å². The van der Waals surface area contributed by atoms with Gasteiger partial charge in [0.15, 0.2) is 6.61 Å². The number of rotatable bonds is 7. The molecule has 1 aromatic heterocycles. The van der Waals surface area contributed by atoms with Crippen molar-refractivity contribution in [3.05, 3.63) is 40.8 Å². The van der Waals surface area contributed by atoms with Crippen LogP contribution in [-0.2, 0) is 14.3 Å². The van der Waals surface area contributed by atoms with Crippen molar-refractivity contribution in [2.45, 2.75) is 55.7 Å². The van der Waals surface area contributed by atoms with Gasteiger partial charge in [-0.2, -0.15) is 0 Å². The molecule has 35 heavy (non-hydrogen) atoms. The number of halogens is 7. The van der Waals surface area contributed by atoms with E-state index < -0.39 is 67.8 Å². The maximum absolute atomic E-state index is 14.7. The van der Waals surface area contributed by atoms with Gasteiger partial charge < -0.3 is 19.2 Å². The zero-order valence-electron chi connectivity index (χ0n) is 17.7. The number of amides is 1. The van der Waals surface area contributed by atoms with Gasteiger partial charge in [0.25, 0.3) is 11.8 Å². The molecule has 0 unspecified atom stereocenters. The van der Waals surface area contributed by atoms with Gasteiger partial charge in [-0.3, -0.25) is 9.53 Å². The molecule has 8 nitrogen and oxygen atoms in total. The monoisotopic (exact) mass is 529 g/mol. The van der Waals surface area contributed by atoms with Gasteiger partial charge in [0, 0.05) is 18.4 Å². The molecule has 1 saturated heterocycles. The maximum Gasteiger partial charge on any atom is 0.522 e. The number of carbonyl (C=O) groups excluding carboxylic acids is 1. The lowest BCUT2D eigenvalue weighted by atomic mass is 9.82. The van der Waals surface area contributed by atoms with Crippen molar-refractivity contribution in [3.8, 4) is 5.75 Å². The lowest BCUT2D eigenvalue weighted by Gasteiger charge is -2.35. The first-order valence-electron chi connectivity index (χ1n) is 10.3. The Balaban J connectivity index is 1.26. The summed E-state index contributed by atoms with van der Waals surface area (Å²) in [5, 5.41) is 9.38. The highest BCUT2D eigenvalue weighted by molar-refractivity contribution is 6.30. The lowest BCUT2D eigenvalue weighted by Crippen LogP contribution is -2.55. The molecule has 2 atom stereocenters. The Hall–Kier alpha value is -2.58. The van der Waals surface area contributed by atoms with E-state index >= 15 is 0 Å². The topological polar surface area (TPSA) is 95.7 Å². The molecular weight excluding hydrogens is 512 g/mol. The zero-order valence-corrected chi connectivity index (χ0v) is 18.4. The molecular formula is C20H18ClF6N3O5. The van der Waals surface area contributed by atoms with Gasteiger partial charge in [-0.15, -0.1) is 23.4 Å². The van der Waals surface area contributed by atoms with E-state index in [4.69, 9.17) is 25.5 Å². The van der Waals surface area contributed by atoms with Crippen LogP contribution in [0.3, 0.4) is 0 Å². The second-order valence-electron chi connectivity index (χ2n) is 8.10. The number of nitrogens with zero attached hydrogens (tertiary/aromatic N) is 2. The second kappa shape index (κ2) is 9.82. The molecule has 1 aliphatic carbocycles. The van der Waals surface area contributed by atoms with Crippen LogP contribution < -0.4 is 10.1 Å². The minimum absolute atomic E-state index is 0.00165. The first-order valence-corrected chi connectivity index (χ1v) is 10.7. The molecule has 0 spiro atoms. The van der Waals surface area contributed by atoms with Crippen LogP contribution >= 0.6 is 11.6 Å². The van der Waals surface area contributed by atoms with Crippen LogP contribution in [0.5, 0.6) is 5.75 Å². The Kier molecular flexibility index (Phi) is 7.16. The van der Waals surface area contributed by atoms with Crippen molar-refractivity contribution < 1.29 is 49.8 Å². The summed E-state index contributed by atoms with van der Waals surface area (Å²) in [5.41, 5.74) is 0. The molecule has 2 aromatic rings. The molecule has 1 aliphatic heterocycles. The van der Waals surface area contributed by atoms with Crippen LogP contribution in [0, 0.1) is 5.82 Å². The number of alkyl halides is 5. The summed E-state index contributed by atoms with van der Waals surface area (Å²) in [4.78, 5) is 12.0. The number of hydrogen-bond donors (Lipinski definition) is 1. The van der Waals surface area contributed by atoms with E-state index in [-0.39, 0.29) is 35.4 Å². The van der Waals surface area contributed by atoms with Gasteiger partial charge in [-0.25, -0.2) is 13.2 Å². The van der Waals surface area contributed by atoms with Gasteiger partial charge in [-0.05, 0) is 25.0 Å². The molecule has 192 valence electrons. The van der Waals surface area contributed by atoms with E-state index in [9.17, 15) is 31.1 Å².